The number of nitrogens with two attached hydrogens (primary N) is 1. The summed E-state index contributed by atoms with van der Waals surface area (Å²) in [6, 6.07) is 7.64. The van der Waals surface area contributed by atoms with Crippen LogP contribution in [0.15, 0.2) is 30.5 Å². The monoisotopic (exact) mass is 258 g/mol. The number of aromatic nitrogens is 1. The summed E-state index contributed by atoms with van der Waals surface area (Å²) in [7, 11) is 1.77. The molecule has 0 aliphatic carbocycles. The molecule has 0 fully saturated rings. The number of aryl methyl sites for hydroxylation is 3. The second kappa shape index (κ2) is 5.18. The number of anilines is 1. The lowest BCUT2D eigenvalue weighted by Gasteiger charge is -2.07. The summed E-state index contributed by atoms with van der Waals surface area (Å²) in [6.45, 7) is 4.36. The van der Waals surface area contributed by atoms with E-state index in [1.165, 1.54) is 11.1 Å². The number of carbonyl (C=O) groups excluding carboxylic acids is 1. The Morgan fingerprint density at radius 1 is 1.26 bits per heavy atom. The summed E-state index contributed by atoms with van der Waals surface area (Å²) in [4.78, 5) is 11.9. The minimum absolute atomic E-state index is 0.269. The van der Waals surface area contributed by atoms with Crippen molar-refractivity contribution in [1.29, 1.82) is 0 Å². The topological polar surface area (TPSA) is 57.2 Å². The molecule has 0 aliphatic rings. The smallest absolute Gasteiger partial charge is 0.355 e. The zero-order chi connectivity index (χ0) is 14.0. The summed E-state index contributed by atoms with van der Waals surface area (Å²) in [5.74, 6) is -0.363. The summed E-state index contributed by atoms with van der Waals surface area (Å²) < 4.78 is 6.95. The van der Waals surface area contributed by atoms with Crippen LogP contribution in [0.5, 0.6) is 0 Å². The Bertz CT molecular complexity index is 615. The van der Waals surface area contributed by atoms with Gasteiger partial charge in [-0.25, -0.2) is 4.79 Å². The Kier molecular flexibility index (Phi) is 3.60. The second-order valence-electron chi connectivity index (χ2n) is 4.76. The molecule has 1 heterocycles. The van der Waals surface area contributed by atoms with Gasteiger partial charge in [0.05, 0.1) is 5.69 Å². The normalized spacial score (nSPS) is 10.5. The van der Waals surface area contributed by atoms with E-state index in [-0.39, 0.29) is 12.6 Å². The van der Waals surface area contributed by atoms with E-state index in [4.69, 9.17) is 10.5 Å². The van der Waals surface area contributed by atoms with Crippen LogP contribution in [0, 0.1) is 13.8 Å². The molecule has 2 aromatic rings. The van der Waals surface area contributed by atoms with E-state index in [1.807, 2.05) is 25.1 Å². The van der Waals surface area contributed by atoms with Crippen LogP contribution in [0.25, 0.3) is 0 Å². The molecule has 0 atom stereocenters. The molecule has 0 saturated heterocycles. The molecule has 0 unspecified atom stereocenters. The minimum atomic E-state index is -0.363. The summed E-state index contributed by atoms with van der Waals surface area (Å²) >= 11 is 0. The highest BCUT2D eigenvalue weighted by molar-refractivity contribution is 5.89. The van der Waals surface area contributed by atoms with Gasteiger partial charge >= 0.3 is 5.97 Å². The molecule has 0 bridgehead atoms. The van der Waals surface area contributed by atoms with Crippen molar-refractivity contribution in [2.75, 3.05) is 5.73 Å². The molecule has 19 heavy (non-hydrogen) atoms. The first-order valence-corrected chi connectivity index (χ1v) is 6.12. The third-order valence-corrected chi connectivity index (χ3v) is 3.18. The van der Waals surface area contributed by atoms with Crippen molar-refractivity contribution >= 4 is 11.7 Å². The van der Waals surface area contributed by atoms with Crippen molar-refractivity contribution in [2.24, 2.45) is 7.05 Å². The lowest BCUT2D eigenvalue weighted by molar-refractivity contribution is 0.0461. The molecule has 2 N–H and O–H groups in total. The Hall–Kier alpha value is -2.23. The third kappa shape index (κ3) is 2.96. The SMILES string of the molecule is Cc1ccc(COC(=O)c2cc(N)cn2C)cc1C. The number of esters is 1. The van der Waals surface area contributed by atoms with E-state index >= 15 is 0 Å². The number of carbonyl (C=O) groups is 1. The van der Waals surface area contributed by atoms with Gasteiger partial charge in [0.2, 0.25) is 0 Å². The van der Waals surface area contributed by atoms with Crippen molar-refractivity contribution in [1.82, 2.24) is 4.57 Å². The van der Waals surface area contributed by atoms with Gasteiger partial charge in [-0.1, -0.05) is 18.2 Å². The van der Waals surface area contributed by atoms with Crippen LogP contribution in [0.1, 0.15) is 27.2 Å². The number of benzene rings is 1. The fraction of sp³-hybridized carbons (Fsp3) is 0.267. The van der Waals surface area contributed by atoms with Crippen molar-refractivity contribution in [3.8, 4) is 0 Å². The quantitative estimate of drug-likeness (QED) is 0.861. The molecule has 0 spiro atoms. The van der Waals surface area contributed by atoms with Crippen molar-refractivity contribution in [3.05, 3.63) is 52.8 Å². The van der Waals surface area contributed by atoms with Gasteiger partial charge in [0, 0.05) is 13.2 Å². The highest BCUT2D eigenvalue weighted by Crippen LogP contribution is 2.13. The molecule has 0 radical (unpaired) electrons. The van der Waals surface area contributed by atoms with Gasteiger partial charge in [-0.15, -0.1) is 0 Å². The highest BCUT2D eigenvalue weighted by atomic mass is 16.5. The number of nitrogens with zero attached hydrogens (tertiary/aromatic N) is 1. The minimum Gasteiger partial charge on any atom is -0.456 e. The lowest BCUT2D eigenvalue weighted by Crippen LogP contribution is -2.09. The Balaban J connectivity index is 2.04. The van der Waals surface area contributed by atoms with Crippen molar-refractivity contribution in [2.45, 2.75) is 20.5 Å². The van der Waals surface area contributed by atoms with Gasteiger partial charge in [-0.05, 0) is 36.6 Å². The first kappa shape index (κ1) is 13.2. The largest absolute Gasteiger partial charge is 0.456 e. The Labute approximate surface area is 112 Å². The average Bonchev–Trinajstić information content (AvgIpc) is 2.70. The van der Waals surface area contributed by atoms with Gasteiger partial charge in [0.25, 0.3) is 0 Å². The van der Waals surface area contributed by atoms with Crippen LogP contribution < -0.4 is 5.73 Å². The first-order valence-electron chi connectivity index (χ1n) is 6.12. The van der Waals surface area contributed by atoms with E-state index < -0.39 is 0 Å². The van der Waals surface area contributed by atoms with Crippen molar-refractivity contribution in [3.63, 3.8) is 0 Å². The molecule has 0 aliphatic heterocycles. The number of ether oxygens (including phenoxy) is 1. The predicted molar refractivity (Wildman–Crippen MR) is 74.9 cm³/mol. The predicted octanol–water partition coefficient (Wildman–Crippen LogP) is 2.58. The molecule has 4 heteroatoms. The molecular formula is C15H18N2O2. The molecule has 2 rings (SSSR count). The number of hydrogen-bond donors (Lipinski definition) is 1. The van der Waals surface area contributed by atoms with E-state index in [0.717, 1.165) is 5.56 Å². The van der Waals surface area contributed by atoms with Gasteiger partial charge in [-0.2, -0.15) is 0 Å². The fourth-order valence-corrected chi connectivity index (χ4v) is 1.91. The Morgan fingerprint density at radius 3 is 2.58 bits per heavy atom. The molecule has 4 nitrogen and oxygen atoms in total. The van der Waals surface area contributed by atoms with E-state index in [9.17, 15) is 4.79 Å². The van der Waals surface area contributed by atoms with Crippen LogP contribution in [-0.2, 0) is 18.4 Å². The summed E-state index contributed by atoms with van der Waals surface area (Å²) in [6.07, 6.45) is 1.69. The highest BCUT2D eigenvalue weighted by Gasteiger charge is 2.12. The van der Waals surface area contributed by atoms with E-state index in [0.29, 0.717) is 11.4 Å². The van der Waals surface area contributed by atoms with Crippen LogP contribution in [0.2, 0.25) is 0 Å². The van der Waals surface area contributed by atoms with E-state index in [2.05, 4.69) is 6.92 Å². The lowest BCUT2D eigenvalue weighted by atomic mass is 10.1. The van der Waals surface area contributed by atoms with Crippen LogP contribution in [0.4, 0.5) is 5.69 Å². The molecule has 100 valence electrons. The van der Waals surface area contributed by atoms with E-state index in [1.54, 1.807) is 23.9 Å². The maximum atomic E-state index is 11.9. The maximum Gasteiger partial charge on any atom is 0.355 e. The molecule has 0 saturated carbocycles. The van der Waals surface area contributed by atoms with Crippen LogP contribution in [-0.4, -0.2) is 10.5 Å². The molecule has 1 aromatic heterocycles. The van der Waals surface area contributed by atoms with Crippen molar-refractivity contribution < 1.29 is 9.53 Å². The molecule has 0 amide bonds. The Morgan fingerprint density at radius 2 is 2.00 bits per heavy atom. The average molecular weight is 258 g/mol. The maximum absolute atomic E-state index is 11.9. The summed E-state index contributed by atoms with van der Waals surface area (Å²) in [5, 5.41) is 0. The molecule has 1 aromatic carbocycles. The third-order valence-electron chi connectivity index (χ3n) is 3.18. The number of nitrogen functional groups attached to an aromatic ring is 1. The van der Waals surface area contributed by atoms with Gasteiger partial charge in [-0.3, -0.25) is 0 Å². The molecular weight excluding hydrogens is 240 g/mol. The van der Waals surface area contributed by atoms with Crippen LogP contribution in [0.3, 0.4) is 0 Å². The van der Waals surface area contributed by atoms with Gasteiger partial charge in [0.1, 0.15) is 12.3 Å². The van der Waals surface area contributed by atoms with Crippen LogP contribution >= 0.6 is 0 Å². The van der Waals surface area contributed by atoms with Gasteiger partial charge in [0.15, 0.2) is 0 Å². The zero-order valence-corrected chi connectivity index (χ0v) is 11.4. The standard InChI is InChI=1S/C15H18N2O2/c1-10-4-5-12(6-11(10)2)9-19-15(18)14-7-13(16)8-17(14)3/h4-8H,9,16H2,1-3H3. The fourth-order valence-electron chi connectivity index (χ4n) is 1.91. The second-order valence-corrected chi connectivity index (χ2v) is 4.76. The number of hydrogen-bond acceptors (Lipinski definition) is 3. The summed E-state index contributed by atoms with van der Waals surface area (Å²) in [5.41, 5.74) is 10.1. The zero-order valence-electron chi connectivity index (χ0n) is 11.4. The number of rotatable bonds is 3. The first-order chi connectivity index (χ1) is 8.97. The van der Waals surface area contributed by atoms with Gasteiger partial charge < -0.3 is 15.0 Å².